The van der Waals surface area contributed by atoms with Gasteiger partial charge in [-0.15, -0.1) is 0 Å². The highest BCUT2D eigenvalue weighted by Gasteiger charge is 2.46. The van der Waals surface area contributed by atoms with E-state index in [1.165, 1.54) is 0 Å². The molecule has 78 valence electrons. The molecule has 0 bridgehead atoms. The lowest BCUT2D eigenvalue weighted by atomic mass is 9.71. The Kier molecular flexibility index (Phi) is 3.00. The van der Waals surface area contributed by atoms with Crippen LogP contribution in [0.3, 0.4) is 0 Å². The van der Waals surface area contributed by atoms with Crippen LogP contribution in [0.4, 0.5) is 0 Å². The van der Waals surface area contributed by atoms with Gasteiger partial charge >= 0.3 is 0 Å². The fourth-order valence-electron chi connectivity index (χ4n) is 2.06. The molecule has 0 aliphatic carbocycles. The molecule has 0 aromatic carbocycles. The lowest BCUT2D eigenvalue weighted by Crippen LogP contribution is -2.60. The fraction of sp³-hybridized carbons (Fsp3) is 1.00. The van der Waals surface area contributed by atoms with Crippen LogP contribution in [0.5, 0.6) is 0 Å². The molecule has 2 unspecified atom stereocenters. The molecule has 0 spiro atoms. The number of hydrogen-bond acceptors (Lipinski definition) is 3. The van der Waals surface area contributed by atoms with Gasteiger partial charge < -0.3 is 16.2 Å². The van der Waals surface area contributed by atoms with Crippen molar-refractivity contribution in [3.05, 3.63) is 0 Å². The Labute approximate surface area is 80.7 Å². The molecule has 0 aromatic rings. The summed E-state index contributed by atoms with van der Waals surface area (Å²) in [5.41, 5.74) is 4.75. The Morgan fingerprint density at radius 1 is 1.46 bits per heavy atom. The monoisotopic (exact) mass is 186 g/mol. The van der Waals surface area contributed by atoms with Gasteiger partial charge in [0, 0.05) is 12.6 Å². The third-order valence-electron chi connectivity index (χ3n) is 3.25. The highest BCUT2D eigenvalue weighted by atomic mass is 16.3. The maximum atomic E-state index is 10.5. The Morgan fingerprint density at radius 3 is 2.38 bits per heavy atom. The van der Waals surface area contributed by atoms with Crippen molar-refractivity contribution in [2.75, 3.05) is 13.1 Å². The highest BCUT2D eigenvalue weighted by molar-refractivity contribution is 5.02. The van der Waals surface area contributed by atoms with E-state index in [2.05, 4.69) is 5.32 Å². The van der Waals surface area contributed by atoms with Crippen molar-refractivity contribution in [3.63, 3.8) is 0 Å². The van der Waals surface area contributed by atoms with E-state index in [1.807, 2.05) is 20.8 Å². The van der Waals surface area contributed by atoms with Crippen LogP contribution in [0.25, 0.3) is 0 Å². The molecule has 3 nitrogen and oxygen atoms in total. The Balaban J connectivity index is 2.79. The van der Waals surface area contributed by atoms with E-state index in [-0.39, 0.29) is 11.5 Å². The molecule has 0 aromatic heterocycles. The molecule has 1 rings (SSSR count). The molecule has 1 fully saturated rings. The molecule has 0 amide bonds. The van der Waals surface area contributed by atoms with E-state index in [1.54, 1.807) is 0 Å². The number of aliphatic hydroxyl groups is 1. The summed E-state index contributed by atoms with van der Waals surface area (Å²) in [6.45, 7) is 7.46. The standard InChI is InChI=1S/C10H22N2O/c1-9(2,3)10(13,7-11)8-5-4-6-12-8/h8,12-13H,4-7,11H2,1-3H3. The molecular weight excluding hydrogens is 164 g/mol. The average molecular weight is 186 g/mol. The van der Waals surface area contributed by atoms with E-state index < -0.39 is 5.60 Å². The molecule has 3 heteroatoms. The van der Waals surface area contributed by atoms with E-state index in [0.717, 1.165) is 19.4 Å². The van der Waals surface area contributed by atoms with Crippen molar-refractivity contribution in [1.82, 2.24) is 5.32 Å². The zero-order valence-corrected chi connectivity index (χ0v) is 8.93. The van der Waals surface area contributed by atoms with Gasteiger partial charge in [0.2, 0.25) is 0 Å². The predicted molar refractivity (Wildman–Crippen MR) is 54.5 cm³/mol. The van der Waals surface area contributed by atoms with Crippen LogP contribution in [0.1, 0.15) is 33.6 Å². The molecule has 0 saturated carbocycles. The first-order chi connectivity index (χ1) is 5.92. The van der Waals surface area contributed by atoms with Gasteiger partial charge in [-0.25, -0.2) is 0 Å². The SMILES string of the molecule is CC(C)(C)C(O)(CN)C1CCCN1. The number of nitrogens with one attached hydrogen (secondary N) is 1. The lowest BCUT2D eigenvalue weighted by Gasteiger charge is -2.44. The molecule has 13 heavy (non-hydrogen) atoms. The van der Waals surface area contributed by atoms with Crippen molar-refractivity contribution in [1.29, 1.82) is 0 Å². The van der Waals surface area contributed by atoms with Crippen molar-refractivity contribution in [2.45, 2.75) is 45.3 Å². The summed E-state index contributed by atoms with van der Waals surface area (Å²) in [5.74, 6) is 0. The molecule has 2 atom stereocenters. The summed E-state index contributed by atoms with van der Waals surface area (Å²) in [5, 5.41) is 13.8. The lowest BCUT2D eigenvalue weighted by molar-refractivity contribution is -0.0746. The first kappa shape index (κ1) is 11.0. The highest BCUT2D eigenvalue weighted by Crippen LogP contribution is 2.35. The van der Waals surface area contributed by atoms with Gasteiger partial charge in [0.15, 0.2) is 0 Å². The van der Waals surface area contributed by atoms with Crippen molar-refractivity contribution < 1.29 is 5.11 Å². The van der Waals surface area contributed by atoms with E-state index >= 15 is 0 Å². The van der Waals surface area contributed by atoms with Crippen LogP contribution in [0, 0.1) is 5.41 Å². The van der Waals surface area contributed by atoms with E-state index in [0.29, 0.717) is 6.54 Å². The van der Waals surface area contributed by atoms with Crippen molar-refractivity contribution >= 4 is 0 Å². The van der Waals surface area contributed by atoms with Gasteiger partial charge in [0.05, 0.1) is 5.60 Å². The molecule has 1 saturated heterocycles. The number of nitrogens with two attached hydrogens (primary N) is 1. The second-order valence-corrected chi connectivity index (χ2v) is 5.03. The maximum absolute atomic E-state index is 10.5. The van der Waals surface area contributed by atoms with Crippen LogP contribution in [-0.2, 0) is 0 Å². The van der Waals surface area contributed by atoms with Crippen LogP contribution in [0.15, 0.2) is 0 Å². The third-order valence-corrected chi connectivity index (χ3v) is 3.25. The molecule has 1 aliphatic rings. The van der Waals surface area contributed by atoms with Gasteiger partial charge in [-0.3, -0.25) is 0 Å². The number of hydrogen-bond donors (Lipinski definition) is 3. The van der Waals surface area contributed by atoms with Crippen molar-refractivity contribution in [3.8, 4) is 0 Å². The topological polar surface area (TPSA) is 58.3 Å². The van der Waals surface area contributed by atoms with Crippen molar-refractivity contribution in [2.24, 2.45) is 11.1 Å². The van der Waals surface area contributed by atoms with Crippen LogP contribution >= 0.6 is 0 Å². The first-order valence-electron chi connectivity index (χ1n) is 5.07. The Bertz CT molecular complexity index is 170. The zero-order valence-electron chi connectivity index (χ0n) is 8.93. The normalized spacial score (nSPS) is 28.8. The average Bonchev–Trinajstić information content (AvgIpc) is 2.52. The Hall–Kier alpha value is -0.120. The molecular formula is C10H22N2O. The quantitative estimate of drug-likeness (QED) is 0.588. The first-order valence-corrected chi connectivity index (χ1v) is 5.07. The summed E-state index contributed by atoms with van der Waals surface area (Å²) in [4.78, 5) is 0. The fourth-order valence-corrected chi connectivity index (χ4v) is 2.06. The van der Waals surface area contributed by atoms with Crippen LogP contribution in [0.2, 0.25) is 0 Å². The second kappa shape index (κ2) is 3.56. The second-order valence-electron chi connectivity index (χ2n) is 5.03. The van der Waals surface area contributed by atoms with E-state index in [9.17, 15) is 5.11 Å². The Morgan fingerprint density at radius 2 is 2.08 bits per heavy atom. The third kappa shape index (κ3) is 1.87. The van der Waals surface area contributed by atoms with Gasteiger partial charge in [-0.2, -0.15) is 0 Å². The van der Waals surface area contributed by atoms with Gasteiger partial charge in [-0.05, 0) is 24.8 Å². The smallest absolute Gasteiger partial charge is 0.0969 e. The van der Waals surface area contributed by atoms with Gasteiger partial charge in [0.1, 0.15) is 0 Å². The van der Waals surface area contributed by atoms with Crippen LogP contribution < -0.4 is 11.1 Å². The minimum absolute atomic E-state index is 0.163. The molecule has 4 N–H and O–H groups in total. The number of rotatable bonds is 2. The summed E-state index contributed by atoms with van der Waals surface area (Å²) in [7, 11) is 0. The molecule has 1 heterocycles. The largest absolute Gasteiger partial charge is 0.386 e. The summed E-state index contributed by atoms with van der Waals surface area (Å²) in [6, 6.07) is 0.164. The zero-order chi connectivity index (χ0) is 10.1. The van der Waals surface area contributed by atoms with Gasteiger partial charge in [0.25, 0.3) is 0 Å². The minimum atomic E-state index is -0.774. The summed E-state index contributed by atoms with van der Waals surface area (Å²) in [6.07, 6.45) is 2.17. The maximum Gasteiger partial charge on any atom is 0.0969 e. The molecule has 1 aliphatic heterocycles. The summed E-state index contributed by atoms with van der Waals surface area (Å²) < 4.78 is 0. The minimum Gasteiger partial charge on any atom is -0.386 e. The van der Waals surface area contributed by atoms with Crippen LogP contribution in [-0.4, -0.2) is 29.8 Å². The summed E-state index contributed by atoms with van der Waals surface area (Å²) >= 11 is 0. The van der Waals surface area contributed by atoms with Gasteiger partial charge in [-0.1, -0.05) is 20.8 Å². The predicted octanol–water partition coefficient (Wildman–Crippen LogP) is 0.474. The molecule has 0 radical (unpaired) electrons. The van der Waals surface area contributed by atoms with E-state index in [4.69, 9.17) is 5.73 Å².